The molecule has 1 fully saturated rings. The van der Waals surface area contributed by atoms with Crippen molar-refractivity contribution in [2.24, 2.45) is 0 Å². The van der Waals surface area contributed by atoms with Crippen molar-refractivity contribution in [1.29, 1.82) is 0 Å². The third-order valence-corrected chi connectivity index (χ3v) is 8.48. The zero-order valence-electron chi connectivity index (χ0n) is 18.6. The average molecular weight is 465 g/mol. The molecule has 3 aromatic rings. The monoisotopic (exact) mass is 464 g/mol. The summed E-state index contributed by atoms with van der Waals surface area (Å²) in [5, 5.41) is 4.20. The SMILES string of the molecule is O=C(c1ccc(Cn2cccn2)cc1)N1CCN(S(=O)(=O)c2ccc3c(c2)CCCC3)CC1. The Hall–Kier alpha value is -2.97. The van der Waals surface area contributed by atoms with Gasteiger partial charge in [-0.1, -0.05) is 18.2 Å². The molecular formula is C25H28N4O3S. The molecular weight excluding hydrogens is 436 g/mol. The van der Waals surface area contributed by atoms with Crippen molar-refractivity contribution in [2.45, 2.75) is 37.1 Å². The number of nitrogens with zero attached hydrogens (tertiary/aromatic N) is 4. The number of hydrogen-bond donors (Lipinski definition) is 0. The molecule has 1 aromatic heterocycles. The molecule has 0 bridgehead atoms. The number of sulfonamides is 1. The Morgan fingerprint density at radius 2 is 1.64 bits per heavy atom. The second-order valence-corrected chi connectivity index (χ2v) is 10.7. The third-order valence-electron chi connectivity index (χ3n) is 6.59. The molecule has 0 radical (unpaired) electrons. The Bertz CT molecular complexity index is 1230. The molecule has 172 valence electrons. The normalized spacial score (nSPS) is 17.0. The zero-order valence-corrected chi connectivity index (χ0v) is 19.4. The van der Waals surface area contributed by atoms with Gasteiger partial charge in [-0.05, 0) is 72.7 Å². The molecule has 0 unspecified atom stereocenters. The predicted octanol–water partition coefficient (Wildman–Crippen LogP) is 2.96. The van der Waals surface area contributed by atoms with Crippen molar-refractivity contribution in [3.63, 3.8) is 0 Å². The number of carbonyl (C=O) groups excluding carboxylic acids is 1. The molecule has 2 aliphatic rings. The van der Waals surface area contributed by atoms with Gasteiger partial charge in [0.1, 0.15) is 0 Å². The number of piperazine rings is 1. The predicted molar refractivity (Wildman–Crippen MR) is 126 cm³/mol. The van der Waals surface area contributed by atoms with Crippen LogP contribution in [0.1, 0.15) is 39.9 Å². The van der Waals surface area contributed by atoms with E-state index in [1.165, 1.54) is 16.3 Å². The summed E-state index contributed by atoms with van der Waals surface area (Å²) in [6.07, 6.45) is 7.89. The number of fused-ring (bicyclic) bond motifs is 1. The number of benzene rings is 2. The van der Waals surface area contributed by atoms with E-state index in [-0.39, 0.29) is 5.91 Å². The van der Waals surface area contributed by atoms with E-state index in [0.717, 1.165) is 30.4 Å². The van der Waals surface area contributed by atoms with Gasteiger partial charge < -0.3 is 4.90 Å². The summed E-state index contributed by atoms with van der Waals surface area (Å²) in [5.74, 6) is -0.0635. The standard InChI is InChI=1S/C25H28N4O3S/c30-25(22-8-6-20(7-9-22)19-28-13-3-12-26-28)27-14-16-29(17-15-27)33(31,32)24-11-10-21-4-1-2-5-23(21)18-24/h3,6-13,18H,1-2,4-5,14-17,19H2. The van der Waals surface area contributed by atoms with E-state index in [0.29, 0.717) is 43.2 Å². The van der Waals surface area contributed by atoms with Crippen LogP contribution in [-0.4, -0.2) is 59.5 Å². The highest BCUT2D eigenvalue weighted by molar-refractivity contribution is 7.89. The van der Waals surface area contributed by atoms with Crippen LogP contribution in [0.15, 0.2) is 65.8 Å². The number of aryl methyl sites for hydroxylation is 2. The van der Waals surface area contributed by atoms with Crippen LogP contribution in [0.25, 0.3) is 0 Å². The molecule has 2 aromatic carbocycles. The molecule has 1 amide bonds. The van der Waals surface area contributed by atoms with Crippen molar-refractivity contribution in [2.75, 3.05) is 26.2 Å². The average Bonchev–Trinajstić information content (AvgIpc) is 3.37. The van der Waals surface area contributed by atoms with Crippen molar-refractivity contribution >= 4 is 15.9 Å². The van der Waals surface area contributed by atoms with Crippen molar-refractivity contribution < 1.29 is 13.2 Å². The minimum absolute atomic E-state index is 0.0635. The molecule has 1 saturated heterocycles. The van der Waals surface area contributed by atoms with Crippen LogP contribution in [-0.2, 0) is 29.4 Å². The van der Waals surface area contributed by atoms with E-state index in [1.54, 1.807) is 17.2 Å². The lowest BCUT2D eigenvalue weighted by molar-refractivity contribution is 0.0698. The Morgan fingerprint density at radius 3 is 2.33 bits per heavy atom. The molecule has 0 N–H and O–H groups in total. The molecule has 7 nitrogen and oxygen atoms in total. The summed E-state index contributed by atoms with van der Waals surface area (Å²) in [6, 6.07) is 15.0. The van der Waals surface area contributed by atoms with Gasteiger partial charge in [-0.15, -0.1) is 0 Å². The van der Waals surface area contributed by atoms with E-state index in [1.807, 2.05) is 53.3 Å². The molecule has 33 heavy (non-hydrogen) atoms. The fourth-order valence-corrected chi connectivity index (χ4v) is 6.14. The summed E-state index contributed by atoms with van der Waals surface area (Å²) in [5.41, 5.74) is 4.11. The summed E-state index contributed by atoms with van der Waals surface area (Å²) in [6.45, 7) is 2.04. The molecule has 8 heteroatoms. The highest BCUT2D eigenvalue weighted by atomic mass is 32.2. The summed E-state index contributed by atoms with van der Waals surface area (Å²) in [7, 11) is -3.55. The van der Waals surface area contributed by atoms with E-state index >= 15 is 0 Å². The molecule has 0 atom stereocenters. The van der Waals surface area contributed by atoms with Crippen LogP contribution in [0.3, 0.4) is 0 Å². The minimum atomic E-state index is -3.55. The van der Waals surface area contributed by atoms with Crippen molar-refractivity contribution in [1.82, 2.24) is 19.0 Å². The summed E-state index contributed by atoms with van der Waals surface area (Å²) in [4.78, 5) is 15.1. The Labute approximate surface area is 194 Å². The summed E-state index contributed by atoms with van der Waals surface area (Å²) >= 11 is 0. The zero-order chi connectivity index (χ0) is 22.8. The number of carbonyl (C=O) groups is 1. The second kappa shape index (κ2) is 9.11. The Kier molecular flexibility index (Phi) is 6.03. The molecule has 2 heterocycles. The van der Waals surface area contributed by atoms with Crippen molar-refractivity contribution in [3.05, 3.63) is 83.2 Å². The van der Waals surface area contributed by atoms with Gasteiger partial charge in [0.2, 0.25) is 10.0 Å². The van der Waals surface area contributed by atoms with Gasteiger partial charge in [-0.25, -0.2) is 8.42 Å². The highest BCUT2D eigenvalue weighted by Gasteiger charge is 2.31. The quantitative estimate of drug-likeness (QED) is 0.582. The van der Waals surface area contributed by atoms with E-state index < -0.39 is 10.0 Å². The van der Waals surface area contributed by atoms with Crippen LogP contribution in [0.5, 0.6) is 0 Å². The highest BCUT2D eigenvalue weighted by Crippen LogP contribution is 2.26. The lowest BCUT2D eigenvalue weighted by atomic mass is 9.92. The first-order valence-electron chi connectivity index (χ1n) is 11.5. The van der Waals surface area contributed by atoms with Crippen LogP contribution in [0.4, 0.5) is 0 Å². The number of hydrogen-bond acceptors (Lipinski definition) is 4. The van der Waals surface area contributed by atoms with Crippen molar-refractivity contribution in [3.8, 4) is 0 Å². The van der Waals surface area contributed by atoms with Gasteiger partial charge in [-0.3, -0.25) is 9.48 Å². The molecule has 0 spiro atoms. The molecule has 0 saturated carbocycles. The van der Waals surface area contributed by atoms with E-state index in [2.05, 4.69) is 5.10 Å². The first kappa shape index (κ1) is 21.9. The maximum atomic E-state index is 13.2. The topological polar surface area (TPSA) is 75.5 Å². The number of amides is 1. The lowest BCUT2D eigenvalue weighted by Crippen LogP contribution is -2.50. The largest absolute Gasteiger partial charge is 0.336 e. The molecule has 1 aliphatic heterocycles. The molecule has 5 rings (SSSR count). The fraction of sp³-hybridized carbons (Fsp3) is 0.360. The Balaban J connectivity index is 1.22. The van der Waals surface area contributed by atoms with E-state index in [9.17, 15) is 13.2 Å². The first-order valence-corrected chi connectivity index (χ1v) is 12.9. The van der Waals surface area contributed by atoms with Crippen LogP contribution < -0.4 is 0 Å². The smallest absolute Gasteiger partial charge is 0.253 e. The molecule has 1 aliphatic carbocycles. The summed E-state index contributed by atoms with van der Waals surface area (Å²) < 4.78 is 29.7. The first-order chi connectivity index (χ1) is 16.0. The lowest BCUT2D eigenvalue weighted by Gasteiger charge is -2.34. The van der Waals surface area contributed by atoms with Crippen LogP contribution >= 0.6 is 0 Å². The van der Waals surface area contributed by atoms with Crippen LogP contribution in [0.2, 0.25) is 0 Å². The van der Waals surface area contributed by atoms with Gasteiger partial charge in [0, 0.05) is 44.1 Å². The van der Waals surface area contributed by atoms with Crippen LogP contribution in [0, 0.1) is 0 Å². The van der Waals surface area contributed by atoms with Gasteiger partial charge >= 0.3 is 0 Å². The maximum Gasteiger partial charge on any atom is 0.253 e. The van der Waals surface area contributed by atoms with Gasteiger partial charge in [0.15, 0.2) is 0 Å². The maximum absolute atomic E-state index is 13.2. The fourth-order valence-electron chi connectivity index (χ4n) is 4.67. The third kappa shape index (κ3) is 4.58. The second-order valence-electron chi connectivity index (χ2n) is 8.73. The number of rotatable bonds is 5. The van der Waals surface area contributed by atoms with Gasteiger partial charge in [0.05, 0.1) is 11.4 Å². The van der Waals surface area contributed by atoms with E-state index in [4.69, 9.17) is 0 Å². The van der Waals surface area contributed by atoms with Gasteiger partial charge in [-0.2, -0.15) is 9.40 Å². The van der Waals surface area contributed by atoms with Gasteiger partial charge in [0.25, 0.3) is 5.91 Å². The number of aromatic nitrogens is 2. The Morgan fingerprint density at radius 1 is 0.909 bits per heavy atom. The minimum Gasteiger partial charge on any atom is -0.336 e.